The first kappa shape index (κ1) is 16.3. The molecule has 2 N–H and O–H groups in total. The number of nitrogens with one attached hydrogen (secondary N) is 2. The van der Waals surface area contributed by atoms with Gasteiger partial charge in [0.15, 0.2) is 11.5 Å². The van der Waals surface area contributed by atoms with E-state index in [0.29, 0.717) is 11.5 Å². The number of carbonyl (C=O) groups is 1. The highest BCUT2D eigenvalue weighted by Crippen LogP contribution is 2.36. The van der Waals surface area contributed by atoms with Gasteiger partial charge in [0.1, 0.15) is 0 Å². The highest BCUT2D eigenvalue weighted by atomic mass is 79.9. The van der Waals surface area contributed by atoms with Gasteiger partial charge in [-0.2, -0.15) is 5.10 Å². The minimum atomic E-state index is -0.232. The van der Waals surface area contributed by atoms with Gasteiger partial charge in [0.2, 0.25) is 6.79 Å². The van der Waals surface area contributed by atoms with Crippen LogP contribution in [0.25, 0.3) is 0 Å². The first-order valence-corrected chi connectivity index (χ1v) is 8.13. The van der Waals surface area contributed by atoms with E-state index in [4.69, 9.17) is 9.47 Å². The molecule has 0 bridgehead atoms. The van der Waals surface area contributed by atoms with Gasteiger partial charge in [0, 0.05) is 15.7 Å². The average Bonchev–Trinajstić information content (AvgIpc) is 3.00. The van der Waals surface area contributed by atoms with Gasteiger partial charge in [0.25, 0.3) is 5.91 Å². The Balaban J connectivity index is 1.53. The summed E-state index contributed by atoms with van der Waals surface area (Å²) in [6.45, 7) is 2.35. The Bertz CT molecular complexity index is 793. The van der Waals surface area contributed by atoms with E-state index in [1.165, 1.54) is 0 Å². The lowest BCUT2D eigenvalue weighted by molar-refractivity contribution is -0.119. The van der Waals surface area contributed by atoms with Crippen molar-refractivity contribution in [2.24, 2.45) is 5.10 Å². The number of ether oxygens (including phenoxy) is 2. The number of amides is 1. The summed E-state index contributed by atoms with van der Waals surface area (Å²) in [5, 5.41) is 7.01. The Hall–Kier alpha value is -2.54. The Morgan fingerprint density at radius 3 is 2.88 bits per heavy atom. The van der Waals surface area contributed by atoms with E-state index in [1.54, 1.807) is 12.3 Å². The zero-order valence-electron chi connectivity index (χ0n) is 13.0. The molecule has 0 saturated carbocycles. The van der Waals surface area contributed by atoms with Crippen LogP contribution in [0.15, 0.2) is 46.0 Å². The summed E-state index contributed by atoms with van der Waals surface area (Å²) in [5.41, 5.74) is 5.30. The molecule has 1 heterocycles. The topological polar surface area (TPSA) is 72.0 Å². The summed E-state index contributed by atoms with van der Waals surface area (Å²) in [6, 6.07) is 11.4. The standard InChI is InChI=1S/C17H16BrN3O3/c1-11-3-2-4-13(5-11)19-9-17(22)21-20-8-12-6-15-16(7-14(12)18)24-10-23-15/h2-8,19H,9-10H2,1H3,(H,21,22)/b20-8-. The van der Waals surface area contributed by atoms with E-state index in [1.807, 2.05) is 37.3 Å². The number of benzene rings is 2. The molecule has 1 amide bonds. The van der Waals surface area contributed by atoms with Crippen LogP contribution in [0.4, 0.5) is 5.69 Å². The molecule has 0 fully saturated rings. The maximum Gasteiger partial charge on any atom is 0.259 e. The molecule has 0 radical (unpaired) electrons. The summed E-state index contributed by atoms with van der Waals surface area (Å²) in [5.74, 6) is 1.11. The van der Waals surface area contributed by atoms with Crippen molar-refractivity contribution >= 4 is 33.7 Å². The highest BCUT2D eigenvalue weighted by Gasteiger charge is 2.15. The normalized spacial score (nSPS) is 12.4. The largest absolute Gasteiger partial charge is 0.454 e. The SMILES string of the molecule is Cc1cccc(NCC(=O)N/N=C\c2cc3c(cc2Br)OCO3)c1. The van der Waals surface area contributed by atoms with Crippen molar-refractivity contribution in [3.63, 3.8) is 0 Å². The smallest absolute Gasteiger partial charge is 0.259 e. The van der Waals surface area contributed by atoms with Gasteiger partial charge in [-0.1, -0.05) is 12.1 Å². The molecule has 2 aromatic carbocycles. The Kier molecular flexibility index (Phi) is 5.00. The molecule has 24 heavy (non-hydrogen) atoms. The fraction of sp³-hybridized carbons (Fsp3) is 0.176. The van der Waals surface area contributed by atoms with Crippen LogP contribution in [0.3, 0.4) is 0 Å². The molecule has 0 spiro atoms. The average molecular weight is 390 g/mol. The lowest BCUT2D eigenvalue weighted by Crippen LogP contribution is -2.25. The van der Waals surface area contributed by atoms with Crippen LogP contribution in [0.2, 0.25) is 0 Å². The molecule has 0 aliphatic carbocycles. The second-order valence-electron chi connectivity index (χ2n) is 5.24. The van der Waals surface area contributed by atoms with Gasteiger partial charge in [-0.3, -0.25) is 4.79 Å². The van der Waals surface area contributed by atoms with Crippen molar-refractivity contribution in [1.82, 2.24) is 5.43 Å². The van der Waals surface area contributed by atoms with Gasteiger partial charge in [-0.15, -0.1) is 0 Å². The summed E-state index contributed by atoms with van der Waals surface area (Å²) in [6.07, 6.45) is 1.55. The minimum absolute atomic E-state index is 0.142. The second-order valence-corrected chi connectivity index (χ2v) is 6.10. The summed E-state index contributed by atoms with van der Waals surface area (Å²) >= 11 is 3.43. The van der Waals surface area contributed by atoms with Crippen molar-refractivity contribution in [1.29, 1.82) is 0 Å². The summed E-state index contributed by atoms with van der Waals surface area (Å²) in [7, 11) is 0. The number of hydrogen-bond donors (Lipinski definition) is 2. The van der Waals surface area contributed by atoms with Crippen molar-refractivity contribution < 1.29 is 14.3 Å². The molecule has 2 aromatic rings. The third-order valence-electron chi connectivity index (χ3n) is 3.36. The number of hydrogen-bond acceptors (Lipinski definition) is 5. The lowest BCUT2D eigenvalue weighted by Gasteiger charge is -2.06. The first-order chi connectivity index (χ1) is 11.6. The number of nitrogens with zero attached hydrogens (tertiary/aromatic N) is 1. The number of carbonyl (C=O) groups excluding carboxylic acids is 1. The molecule has 1 aliphatic heterocycles. The number of rotatable bonds is 5. The van der Waals surface area contributed by atoms with Gasteiger partial charge >= 0.3 is 0 Å². The summed E-state index contributed by atoms with van der Waals surface area (Å²) < 4.78 is 11.4. The lowest BCUT2D eigenvalue weighted by atomic mass is 10.2. The van der Waals surface area contributed by atoms with Crippen LogP contribution >= 0.6 is 15.9 Å². The molecular formula is C17H16BrN3O3. The van der Waals surface area contributed by atoms with Crippen LogP contribution in [0.1, 0.15) is 11.1 Å². The number of anilines is 1. The quantitative estimate of drug-likeness (QED) is 0.608. The molecule has 0 unspecified atom stereocenters. The molecule has 124 valence electrons. The van der Waals surface area contributed by atoms with Crippen LogP contribution in [0.5, 0.6) is 11.5 Å². The van der Waals surface area contributed by atoms with Gasteiger partial charge in [-0.05, 0) is 52.7 Å². The van der Waals surface area contributed by atoms with Crippen LogP contribution in [0, 0.1) is 6.92 Å². The number of aryl methyl sites for hydroxylation is 1. The van der Waals surface area contributed by atoms with Crippen molar-refractivity contribution in [2.75, 3.05) is 18.7 Å². The van der Waals surface area contributed by atoms with Crippen molar-refractivity contribution in [3.05, 3.63) is 52.0 Å². The van der Waals surface area contributed by atoms with E-state index in [0.717, 1.165) is 21.3 Å². The van der Waals surface area contributed by atoms with Crippen LogP contribution in [-0.2, 0) is 4.79 Å². The van der Waals surface area contributed by atoms with Gasteiger partial charge < -0.3 is 14.8 Å². The van der Waals surface area contributed by atoms with E-state index < -0.39 is 0 Å². The fourth-order valence-corrected chi connectivity index (χ4v) is 2.61. The molecule has 7 heteroatoms. The third-order valence-corrected chi connectivity index (χ3v) is 4.04. The van der Waals surface area contributed by atoms with Crippen LogP contribution in [-0.4, -0.2) is 25.5 Å². The molecule has 0 saturated heterocycles. The fourth-order valence-electron chi connectivity index (χ4n) is 2.18. The maximum atomic E-state index is 11.8. The van der Waals surface area contributed by atoms with Crippen LogP contribution < -0.4 is 20.2 Å². The van der Waals surface area contributed by atoms with Gasteiger partial charge in [0.05, 0.1) is 12.8 Å². The van der Waals surface area contributed by atoms with Gasteiger partial charge in [-0.25, -0.2) is 5.43 Å². The number of hydrazone groups is 1. The second kappa shape index (κ2) is 7.35. The molecular weight excluding hydrogens is 374 g/mol. The van der Waals surface area contributed by atoms with E-state index in [2.05, 4.69) is 31.8 Å². The number of fused-ring (bicyclic) bond motifs is 1. The van der Waals surface area contributed by atoms with E-state index in [9.17, 15) is 4.79 Å². The predicted octanol–water partition coefficient (Wildman–Crippen LogP) is 3.05. The number of halogens is 1. The maximum absolute atomic E-state index is 11.8. The zero-order chi connectivity index (χ0) is 16.9. The monoisotopic (exact) mass is 389 g/mol. The van der Waals surface area contributed by atoms with E-state index >= 15 is 0 Å². The third kappa shape index (κ3) is 4.05. The summed E-state index contributed by atoms with van der Waals surface area (Å²) in [4.78, 5) is 11.8. The van der Waals surface area contributed by atoms with E-state index in [-0.39, 0.29) is 19.2 Å². The Morgan fingerprint density at radius 1 is 1.29 bits per heavy atom. The molecule has 0 aromatic heterocycles. The predicted molar refractivity (Wildman–Crippen MR) is 95.7 cm³/mol. The molecule has 1 aliphatic rings. The molecule has 3 rings (SSSR count). The molecule has 6 nitrogen and oxygen atoms in total. The molecule has 0 atom stereocenters. The Labute approximate surface area is 148 Å². The Morgan fingerprint density at radius 2 is 2.08 bits per heavy atom. The highest BCUT2D eigenvalue weighted by molar-refractivity contribution is 9.10. The van der Waals surface area contributed by atoms with Crippen molar-refractivity contribution in [3.8, 4) is 11.5 Å². The van der Waals surface area contributed by atoms with Crippen molar-refractivity contribution in [2.45, 2.75) is 6.92 Å². The minimum Gasteiger partial charge on any atom is -0.454 e. The first-order valence-electron chi connectivity index (χ1n) is 7.33. The zero-order valence-corrected chi connectivity index (χ0v) is 14.6.